The number of methoxy groups -OCH3 is 2. The van der Waals surface area contributed by atoms with Crippen molar-refractivity contribution in [3.63, 3.8) is 0 Å². The second kappa shape index (κ2) is 7.89. The van der Waals surface area contributed by atoms with E-state index in [-0.39, 0.29) is 17.9 Å². The fourth-order valence-electron chi connectivity index (χ4n) is 5.64. The number of hydrogen-bond acceptors (Lipinski definition) is 7. The van der Waals surface area contributed by atoms with Crippen LogP contribution in [0.15, 0.2) is 23.1 Å². The van der Waals surface area contributed by atoms with E-state index >= 15 is 0 Å². The van der Waals surface area contributed by atoms with Crippen LogP contribution in [0, 0.1) is 11.8 Å². The van der Waals surface area contributed by atoms with E-state index in [1.807, 2.05) is 18.2 Å². The molecular formula is C22H28N2O5S. The lowest BCUT2D eigenvalue weighted by molar-refractivity contribution is -0.163. The number of carbonyl (C=O) groups is 3. The molecule has 0 saturated carbocycles. The average Bonchev–Trinajstić information content (AvgIpc) is 3.20. The first-order valence-corrected chi connectivity index (χ1v) is 11.4. The minimum Gasteiger partial charge on any atom is -0.496 e. The molecule has 3 aliphatic heterocycles. The lowest BCUT2D eigenvalue weighted by Gasteiger charge is -2.44. The number of amides is 2. The van der Waals surface area contributed by atoms with Gasteiger partial charge in [0.1, 0.15) is 11.3 Å². The Morgan fingerprint density at radius 1 is 1.23 bits per heavy atom. The molecule has 1 aromatic rings. The molecule has 3 fully saturated rings. The summed E-state index contributed by atoms with van der Waals surface area (Å²) < 4.78 is 10.8. The van der Waals surface area contributed by atoms with Gasteiger partial charge in [0.15, 0.2) is 0 Å². The lowest BCUT2D eigenvalue weighted by Crippen LogP contribution is -2.59. The molecule has 4 rings (SSSR count). The summed E-state index contributed by atoms with van der Waals surface area (Å²) in [5.74, 6) is -0.583. The monoisotopic (exact) mass is 432 g/mol. The van der Waals surface area contributed by atoms with Crippen molar-refractivity contribution in [3.05, 3.63) is 23.8 Å². The number of imide groups is 1. The summed E-state index contributed by atoms with van der Waals surface area (Å²) in [6.07, 6.45) is 2.25. The number of rotatable bonds is 5. The van der Waals surface area contributed by atoms with Crippen molar-refractivity contribution in [1.29, 1.82) is 0 Å². The number of carbonyl (C=O) groups excluding carboxylic acids is 3. The molecule has 0 spiro atoms. The van der Waals surface area contributed by atoms with Crippen LogP contribution in [-0.4, -0.2) is 66.7 Å². The van der Waals surface area contributed by atoms with Crippen molar-refractivity contribution in [2.45, 2.75) is 42.7 Å². The Labute approximate surface area is 181 Å². The molecule has 0 unspecified atom stereocenters. The fourth-order valence-corrected chi connectivity index (χ4v) is 6.40. The molecular weight excluding hydrogens is 404 g/mol. The van der Waals surface area contributed by atoms with Gasteiger partial charge in [0.2, 0.25) is 11.8 Å². The molecule has 162 valence electrons. The van der Waals surface area contributed by atoms with Gasteiger partial charge in [0, 0.05) is 18.0 Å². The molecule has 0 N–H and O–H groups in total. The van der Waals surface area contributed by atoms with E-state index in [0.29, 0.717) is 13.0 Å². The maximum atomic E-state index is 13.2. The van der Waals surface area contributed by atoms with Crippen LogP contribution in [0.3, 0.4) is 0 Å². The highest BCUT2D eigenvalue weighted by Crippen LogP contribution is 2.58. The van der Waals surface area contributed by atoms with Gasteiger partial charge in [-0.25, -0.2) is 0 Å². The van der Waals surface area contributed by atoms with Gasteiger partial charge in [-0.2, -0.15) is 0 Å². The molecule has 7 nitrogen and oxygen atoms in total. The van der Waals surface area contributed by atoms with Gasteiger partial charge in [-0.1, -0.05) is 13.0 Å². The normalized spacial score (nSPS) is 30.9. The number of thioether (sulfide) groups is 1. The molecule has 8 heteroatoms. The molecule has 2 amide bonds. The highest BCUT2D eigenvalue weighted by molar-refractivity contribution is 7.99. The van der Waals surface area contributed by atoms with E-state index in [4.69, 9.17) is 9.47 Å². The smallest absolute Gasteiger partial charge is 0.327 e. The van der Waals surface area contributed by atoms with Crippen molar-refractivity contribution in [1.82, 2.24) is 9.80 Å². The minimum absolute atomic E-state index is 0.223. The van der Waals surface area contributed by atoms with Gasteiger partial charge in [0.25, 0.3) is 0 Å². The zero-order chi connectivity index (χ0) is 21.6. The first kappa shape index (κ1) is 21.2. The molecule has 0 aliphatic carbocycles. The summed E-state index contributed by atoms with van der Waals surface area (Å²) in [4.78, 5) is 43.8. The summed E-state index contributed by atoms with van der Waals surface area (Å²) in [6, 6.07) is 5.59. The van der Waals surface area contributed by atoms with Crippen LogP contribution in [0.25, 0.3) is 0 Å². The van der Waals surface area contributed by atoms with Crippen LogP contribution in [-0.2, 0) is 19.1 Å². The van der Waals surface area contributed by atoms with E-state index in [0.717, 1.165) is 34.8 Å². The van der Waals surface area contributed by atoms with E-state index in [2.05, 4.69) is 11.8 Å². The molecule has 3 aliphatic rings. The molecule has 0 radical (unpaired) electrons. The third kappa shape index (κ3) is 2.80. The average molecular weight is 433 g/mol. The number of benzene rings is 1. The summed E-state index contributed by atoms with van der Waals surface area (Å²) in [6.45, 7) is 2.72. The van der Waals surface area contributed by atoms with Crippen LogP contribution >= 0.6 is 11.8 Å². The molecule has 0 aromatic heterocycles. The van der Waals surface area contributed by atoms with Gasteiger partial charge in [-0.05, 0) is 49.3 Å². The molecule has 3 saturated heterocycles. The van der Waals surface area contributed by atoms with Crippen LogP contribution in [0.5, 0.6) is 5.75 Å². The zero-order valence-electron chi connectivity index (χ0n) is 17.8. The predicted molar refractivity (Wildman–Crippen MR) is 112 cm³/mol. The number of likely N-dealkylation sites (tertiary alicyclic amines) is 1. The zero-order valence-corrected chi connectivity index (χ0v) is 18.7. The van der Waals surface area contributed by atoms with Gasteiger partial charge in [-0.15, -0.1) is 11.8 Å². The molecule has 4 atom stereocenters. The Hall–Kier alpha value is -2.06. The molecule has 1 aromatic carbocycles. The first-order chi connectivity index (χ1) is 14.4. The second-order valence-corrected chi connectivity index (χ2v) is 9.40. The Morgan fingerprint density at radius 2 is 2.00 bits per heavy atom. The maximum absolute atomic E-state index is 13.2. The van der Waals surface area contributed by atoms with Crippen LogP contribution in [0.2, 0.25) is 0 Å². The predicted octanol–water partition coefficient (Wildman–Crippen LogP) is 2.49. The highest BCUT2D eigenvalue weighted by atomic mass is 32.2. The van der Waals surface area contributed by atoms with E-state index in [9.17, 15) is 14.4 Å². The molecule has 30 heavy (non-hydrogen) atoms. The number of esters is 1. The Bertz CT molecular complexity index is 890. The second-order valence-electron chi connectivity index (χ2n) is 8.09. The Balaban J connectivity index is 1.88. The van der Waals surface area contributed by atoms with Crippen molar-refractivity contribution in [2.75, 3.05) is 33.6 Å². The number of fused-ring (bicyclic) bond motifs is 3. The van der Waals surface area contributed by atoms with E-state index in [1.54, 1.807) is 18.9 Å². The van der Waals surface area contributed by atoms with Crippen LogP contribution in [0.4, 0.5) is 0 Å². The summed E-state index contributed by atoms with van der Waals surface area (Å²) in [7, 11) is 4.50. The third-order valence-corrected chi connectivity index (χ3v) is 7.79. The van der Waals surface area contributed by atoms with Crippen molar-refractivity contribution in [2.24, 2.45) is 11.8 Å². The SMILES string of the molecule is CCSc1ccc([C@@H]2[C@@H]3C(=O)N(C)C(=O)[C@@H]3[C@]3(C(=O)OC)CCCCN23)cc1OC. The van der Waals surface area contributed by atoms with Crippen molar-refractivity contribution < 1.29 is 23.9 Å². The summed E-state index contributed by atoms with van der Waals surface area (Å²) in [5.41, 5.74) is -0.198. The topological polar surface area (TPSA) is 76.2 Å². The van der Waals surface area contributed by atoms with Gasteiger partial charge >= 0.3 is 5.97 Å². The standard InChI is InChI=1S/C22H28N2O5S/c1-5-30-15-9-8-13(12-14(15)28-3)18-16-17(20(26)23(2)19(16)25)22(21(27)29-4)10-6-7-11-24(18)22/h8-9,12,16-18H,5-7,10-11H2,1-4H3/t16-,17-,18-,22+/m1/s1. The van der Waals surface area contributed by atoms with Gasteiger partial charge < -0.3 is 9.47 Å². The Kier molecular flexibility index (Phi) is 5.57. The number of ether oxygens (including phenoxy) is 2. The largest absolute Gasteiger partial charge is 0.496 e. The minimum atomic E-state index is -1.09. The maximum Gasteiger partial charge on any atom is 0.327 e. The third-order valence-electron chi connectivity index (χ3n) is 6.85. The number of piperidine rings is 1. The van der Waals surface area contributed by atoms with E-state index < -0.39 is 23.3 Å². The lowest BCUT2D eigenvalue weighted by atomic mass is 9.75. The highest BCUT2D eigenvalue weighted by Gasteiger charge is 2.72. The summed E-state index contributed by atoms with van der Waals surface area (Å²) in [5, 5.41) is 0. The quantitative estimate of drug-likeness (QED) is 0.402. The first-order valence-electron chi connectivity index (χ1n) is 10.4. The fraction of sp³-hybridized carbons (Fsp3) is 0.591. The Morgan fingerprint density at radius 3 is 2.67 bits per heavy atom. The van der Waals surface area contributed by atoms with E-state index in [1.165, 1.54) is 19.1 Å². The van der Waals surface area contributed by atoms with Crippen LogP contribution in [0.1, 0.15) is 37.8 Å². The van der Waals surface area contributed by atoms with Crippen LogP contribution < -0.4 is 4.74 Å². The molecule has 0 bridgehead atoms. The number of nitrogens with zero attached hydrogens (tertiary/aromatic N) is 2. The van der Waals surface area contributed by atoms with Gasteiger partial charge in [-0.3, -0.25) is 24.2 Å². The summed E-state index contributed by atoms with van der Waals surface area (Å²) >= 11 is 1.69. The van der Waals surface area contributed by atoms with Crippen molar-refractivity contribution in [3.8, 4) is 5.75 Å². The van der Waals surface area contributed by atoms with Gasteiger partial charge in [0.05, 0.1) is 26.1 Å². The molecule has 3 heterocycles. The van der Waals surface area contributed by atoms with Crippen molar-refractivity contribution >= 4 is 29.5 Å². The number of hydrogen-bond donors (Lipinski definition) is 0.